The first-order valence-corrected chi connectivity index (χ1v) is 23.6. The molecule has 13 rings (SSSR count). The highest BCUT2D eigenvalue weighted by Crippen LogP contribution is 2.45. The van der Waals surface area contributed by atoms with Crippen LogP contribution < -0.4 is 0 Å². The van der Waals surface area contributed by atoms with E-state index < -0.39 is 0 Å². The van der Waals surface area contributed by atoms with E-state index in [-0.39, 0.29) is 0 Å². The van der Waals surface area contributed by atoms with Crippen molar-refractivity contribution in [2.75, 3.05) is 0 Å². The van der Waals surface area contributed by atoms with Gasteiger partial charge in [0.1, 0.15) is 11.2 Å². The van der Waals surface area contributed by atoms with Crippen molar-refractivity contribution in [2.45, 2.75) is 0 Å². The maximum absolute atomic E-state index is 6.50. The minimum absolute atomic E-state index is 0.577. The predicted molar refractivity (Wildman–Crippen MR) is 283 cm³/mol. The van der Waals surface area contributed by atoms with Crippen LogP contribution in [-0.2, 0) is 0 Å². The predicted octanol–water partition coefficient (Wildman–Crippen LogP) is 17.5. The lowest BCUT2D eigenvalue weighted by atomic mass is 9.93. The molecule has 10 aromatic carbocycles. The second kappa shape index (κ2) is 16.6. The van der Waals surface area contributed by atoms with Gasteiger partial charge in [-0.15, -0.1) is 11.3 Å². The molecule has 0 amide bonds. The van der Waals surface area contributed by atoms with Gasteiger partial charge in [-0.2, -0.15) is 0 Å². The van der Waals surface area contributed by atoms with Crippen LogP contribution in [0.25, 0.3) is 132 Å². The van der Waals surface area contributed by atoms with E-state index >= 15 is 0 Å². The Balaban J connectivity index is 0.984. The molecule has 0 fully saturated rings. The third-order valence-electron chi connectivity index (χ3n) is 12.9. The van der Waals surface area contributed by atoms with Gasteiger partial charge in [-0.3, -0.25) is 0 Å². The van der Waals surface area contributed by atoms with Crippen LogP contribution in [0, 0.1) is 0 Å². The lowest BCUT2D eigenvalue weighted by Gasteiger charge is -2.13. The number of benzene rings is 10. The Hall–Kier alpha value is -8.77. The van der Waals surface area contributed by atoms with Crippen molar-refractivity contribution in [3.8, 4) is 89.8 Å². The normalized spacial score (nSPS) is 11.5. The summed E-state index contributed by atoms with van der Waals surface area (Å²) in [5.41, 5.74) is 15.8. The van der Waals surface area contributed by atoms with Crippen LogP contribution in [0.2, 0.25) is 0 Å². The molecular formula is C63H39N3OS. The maximum atomic E-state index is 6.50. The molecule has 0 bridgehead atoms. The third-order valence-corrected chi connectivity index (χ3v) is 14.2. The second-order valence-electron chi connectivity index (χ2n) is 17.1. The molecule has 0 N–H and O–H groups in total. The molecule has 0 atom stereocenters. The Bertz CT molecular complexity index is 4010. The molecule has 68 heavy (non-hydrogen) atoms. The number of aromatic nitrogens is 3. The molecule has 0 aliphatic carbocycles. The Morgan fingerprint density at radius 2 is 0.721 bits per heavy atom. The molecule has 0 spiro atoms. The Morgan fingerprint density at radius 1 is 0.265 bits per heavy atom. The highest BCUT2D eigenvalue weighted by molar-refractivity contribution is 7.26. The van der Waals surface area contributed by atoms with E-state index in [1.807, 2.05) is 47.7 Å². The summed E-state index contributed by atoms with van der Waals surface area (Å²) in [4.78, 5) is 15.9. The van der Waals surface area contributed by atoms with E-state index in [0.29, 0.717) is 17.5 Å². The zero-order valence-corrected chi connectivity index (χ0v) is 37.5. The van der Waals surface area contributed by atoms with E-state index in [1.54, 1.807) is 0 Å². The summed E-state index contributed by atoms with van der Waals surface area (Å²) in [6.45, 7) is 0. The Labute approximate surface area is 397 Å². The molecule has 0 aliphatic rings. The minimum Gasteiger partial charge on any atom is -0.456 e. The molecule has 13 aromatic rings. The molecule has 318 valence electrons. The summed E-state index contributed by atoms with van der Waals surface area (Å²) >= 11 is 1.88. The zero-order valence-electron chi connectivity index (χ0n) is 36.7. The fraction of sp³-hybridized carbons (Fsp3) is 0. The molecule has 0 saturated heterocycles. The number of rotatable bonds is 8. The molecule has 3 aromatic heterocycles. The van der Waals surface area contributed by atoms with E-state index in [1.165, 1.54) is 36.9 Å². The van der Waals surface area contributed by atoms with E-state index in [4.69, 9.17) is 19.4 Å². The Morgan fingerprint density at radius 3 is 1.40 bits per heavy atom. The zero-order chi connectivity index (χ0) is 45.0. The van der Waals surface area contributed by atoms with Crippen molar-refractivity contribution in [2.24, 2.45) is 0 Å². The van der Waals surface area contributed by atoms with Gasteiger partial charge in [-0.25, -0.2) is 15.0 Å². The van der Waals surface area contributed by atoms with Crippen LogP contribution in [0.5, 0.6) is 0 Å². The lowest BCUT2D eigenvalue weighted by molar-refractivity contribution is 0.669. The van der Waals surface area contributed by atoms with Gasteiger partial charge in [0.15, 0.2) is 17.5 Å². The summed E-state index contributed by atoms with van der Waals surface area (Å²) < 4.78 is 9.08. The van der Waals surface area contributed by atoms with Crippen LogP contribution >= 0.6 is 11.3 Å². The fourth-order valence-corrected chi connectivity index (χ4v) is 11.0. The summed E-state index contributed by atoms with van der Waals surface area (Å²) in [6.07, 6.45) is 0. The highest BCUT2D eigenvalue weighted by atomic mass is 32.1. The van der Waals surface area contributed by atoms with Gasteiger partial charge in [-0.05, 0) is 98.1 Å². The first kappa shape index (κ1) is 39.6. The quantitative estimate of drug-likeness (QED) is 0.153. The fourth-order valence-electron chi connectivity index (χ4n) is 9.64. The molecule has 0 aliphatic heterocycles. The first-order valence-electron chi connectivity index (χ1n) is 22.8. The number of furan rings is 1. The maximum Gasteiger partial charge on any atom is 0.164 e. The highest BCUT2D eigenvalue weighted by Gasteiger charge is 2.20. The van der Waals surface area contributed by atoms with Gasteiger partial charge >= 0.3 is 0 Å². The summed E-state index contributed by atoms with van der Waals surface area (Å²) in [5.74, 6) is 1.76. The molecule has 0 radical (unpaired) electrons. The molecule has 0 saturated carbocycles. The monoisotopic (exact) mass is 885 g/mol. The summed E-state index contributed by atoms with van der Waals surface area (Å²) in [5, 5.41) is 4.54. The van der Waals surface area contributed by atoms with Gasteiger partial charge in [0.2, 0.25) is 0 Å². The molecule has 3 heterocycles. The topological polar surface area (TPSA) is 51.8 Å². The lowest BCUT2D eigenvalue weighted by Crippen LogP contribution is -2.01. The standard InChI is InChI=1S/C63H39N3OS/c1-5-17-40(18-6-1)45-33-34-56-55(39-45)58-54(31-16-32-57(58)67-56)63-65-61(43-23-11-4-12-24-43)64-62(66-63)49-37-47(41-19-7-2-8-20-41)36-48(38-49)44-25-13-26-46(35-44)51-28-15-30-53-52-29-14-27-50(59(52)68-60(51)53)42-21-9-3-10-22-42/h1-39H. The largest absolute Gasteiger partial charge is 0.456 e. The van der Waals surface area contributed by atoms with Crippen molar-refractivity contribution >= 4 is 53.4 Å². The van der Waals surface area contributed by atoms with Crippen molar-refractivity contribution < 1.29 is 4.42 Å². The SMILES string of the molecule is c1ccc(-c2cc(-c3cccc(-c4cccc5c4sc4c(-c6ccccc6)cccc45)c3)cc(-c3nc(-c4ccccc4)nc(-c4cccc5oc6ccc(-c7ccccc7)cc6c45)n3)c2)cc1. The number of thiophene rings is 1. The molecule has 5 heteroatoms. The molecule has 0 unspecified atom stereocenters. The van der Waals surface area contributed by atoms with Gasteiger partial charge in [0.25, 0.3) is 0 Å². The van der Waals surface area contributed by atoms with Crippen LogP contribution in [0.15, 0.2) is 241 Å². The summed E-state index contributed by atoms with van der Waals surface area (Å²) in [7, 11) is 0. The van der Waals surface area contributed by atoms with Crippen molar-refractivity contribution in [3.05, 3.63) is 237 Å². The molecule has 4 nitrogen and oxygen atoms in total. The van der Waals surface area contributed by atoms with Crippen molar-refractivity contribution in [1.82, 2.24) is 15.0 Å². The van der Waals surface area contributed by atoms with Gasteiger partial charge in [-0.1, -0.05) is 194 Å². The van der Waals surface area contributed by atoms with Crippen LogP contribution in [0.1, 0.15) is 0 Å². The number of hydrogen-bond donors (Lipinski definition) is 0. The van der Waals surface area contributed by atoms with Gasteiger partial charge in [0, 0.05) is 47.6 Å². The average Bonchev–Trinajstić information content (AvgIpc) is 4.00. The second-order valence-corrected chi connectivity index (χ2v) is 18.1. The summed E-state index contributed by atoms with van der Waals surface area (Å²) in [6, 6.07) is 83.5. The third kappa shape index (κ3) is 7.05. The number of fused-ring (bicyclic) bond motifs is 6. The first-order chi connectivity index (χ1) is 33.7. The number of nitrogens with zero attached hydrogens (tertiary/aromatic N) is 3. The van der Waals surface area contributed by atoms with Crippen LogP contribution in [0.4, 0.5) is 0 Å². The van der Waals surface area contributed by atoms with Crippen LogP contribution in [0.3, 0.4) is 0 Å². The van der Waals surface area contributed by atoms with Gasteiger partial charge < -0.3 is 4.42 Å². The Kier molecular flexibility index (Phi) is 9.66. The van der Waals surface area contributed by atoms with E-state index in [9.17, 15) is 0 Å². The minimum atomic E-state index is 0.577. The van der Waals surface area contributed by atoms with Gasteiger partial charge in [0.05, 0.1) is 0 Å². The molecular weight excluding hydrogens is 847 g/mol. The average molecular weight is 886 g/mol. The smallest absolute Gasteiger partial charge is 0.164 e. The van der Waals surface area contributed by atoms with Crippen molar-refractivity contribution in [1.29, 1.82) is 0 Å². The van der Waals surface area contributed by atoms with Crippen LogP contribution in [-0.4, -0.2) is 15.0 Å². The van der Waals surface area contributed by atoms with E-state index in [2.05, 4.69) is 200 Å². The van der Waals surface area contributed by atoms with Crippen molar-refractivity contribution in [3.63, 3.8) is 0 Å². The number of hydrogen-bond acceptors (Lipinski definition) is 5. The van der Waals surface area contributed by atoms with E-state index in [0.717, 1.165) is 77.6 Å².